The van der Waals surface area contributed by atoms with Crippen molar-refractivity contribution in [3.63, 3.8) is 0 Å². The van der Waals surface area contributed by atoms with Gasteiger partial charge in [-0.3, -0.25) is 0 Å². The Balaban J connectivity index is 1.79. The number of likely N-dealkylation sites (N-methyl/N-ethyl adjacent to an activating group) is 1. The highest BCUT2D eigenvalue weighted by atomic mass is 16.5. The van der Waals surface area contributed by atoms with Gasteiger partial charge in [0.05, 0.1) is 12.2 Å². The van der Waals surface area contributed by atoms with Gasteiger partial charge in [0.2, 0.25) is 0 Å². The molecule has 2 saturated carbocycles. The smallest absolute Gasteiger partial charge is 0.0731 e. The zero-order valence-electron chi connectivity index (χ0n) is 11.6. The van der Waals surface area contributed by atoms with Crippen LogP contribution in [0.2, 0.25) is 0 Å². The molecule has 0 bridgehead atoms. The molecule has 0 amide bonds. The molecule has 4 unspecified atom stereocenters. The summed E-state index contributed by atoms with van der Waals surface area (Å²) < 4.78 is 6.39. The van der Waals surface area contributed by atoms with Crippen LogP contribution in [0.25, 0.3) is 0 Å². The largest absolute Gasteiger partial charge is 0.373 e. The molecule has 0 aromatic heterocycles. The monoisotopic (exact) mass is 239 g/mol. The molecule has 0 aromatic carbocycles. The van der Waals surface area contributed by atoms with E-state index in [2.05, 4.69) is 19.2 Å². The summed E-state index contributed by atoms with van der Waals surface area (Å²) in [6, 6.07) is 0.627. The van der Waals surface area contributed by atoms with E-state index >= 15 is 0 Å². The molecule has 100 valence electrons. The first-order valence-corrected chi connectivity index (χ1v) is 7.72. The lowest BCUT2D eigenvalue weighted by Crippen LogP contribution is -2.40. The molecule has 2 rings (SSSR count). The highest BCUT2D eigenvalue weighted by molar-refractivity contribution is 4.85. The van der Waals surface area contributed by atoms with Crippen LogP contribution in [0.4, 0.5) is 0 Å². The topological polar surface area (TPSA) is 21.3 Å². The fourth-order valence-corrected chi connectivity index (χ4v) is 3.57. The van der Waals surface area contributed by atoms with Crippen molar-refractivity contribution in [1.82, 2.24) is 5.32 Å². The molecule has 4 atom stereocenters. The number of hydrogen-bond acceptors (Lipinski definition) is 2. The molecular formula is C15H29NO. The molecule has 0 aliphatic heterocycles. The Hall–Kier alpha value is -0.0800. The van der Waals surface area contributed by atoms with Crippen LogP contribution >= 0.6 is 0 Å². The molecular weight excluding hydrogens is 210 g/mol. The third kappa shape index (κ3) is 3.69. The number of ether oxygens (including phenoxy) is 1. The zero-order valence-corrected chi connectivity index (χ0v) is 11.6. The Bertz CT molecular complexity index is 219. The van der Waals surface area contributed by atoms with Crippen LogP contribution in [0.5, 0.6) is 0 Å². The molecule has 0 radical (unpaired) electrons. The van der Waals surface area contributed by atoms with Crippen molar-refractivity contribution in [2.24, 2.45) is 5.92 Å². The van der Waals surface area contributed by atoms with Crippen molar-refractivity contribution < 1.29 is 4.74 Å². The summed E-state index contributed by atoms with van der Waals surface area (Å²) in [4.78, 5) is 0. The quantitative estimate of drug-likeness (QED) is 0.793. The van der Waals surface area contributed by atoms with Crippen LogP contribution in [0.15, 0.2) is 0 Å². The Morgan fingerprint density at radius 3 is 2.65 bits per heavy atom. The first kappa shape index (κ1) is 13.4. The van der Waals surface area contributed by atoms with Crippen molar-refractivity contribution in [1.29, 1.82) is 0 Å². The van der Waals surface area contributed by atoms with E-state index in [1.807, 2.05) is 0 Å². The van der Waals surface area contributed by atoms with Crippen molar-refractivity contribution in [3.8, 4) is 0 Å². The second-order valence-electron chi connectivity index (χ2n) is 5.83. The van der Waals surface area contributed by atoms with Gasteiger partial charge in [-0.15, -0.1) is 0 Å². The molecule has 2 aliphatic carbocycles. The second-order valence-corrected chi connectivity index (χ2v) is 5.83. The Labute approximate surface area is 107 Å². The van der Waals surface area contributed by atoms with E-state index in [9.17, 15) is 0 Å². The van der Waals surface area contributed by atoms with Crippen LogP contribution in [-0.4, -0.2) is 24.8 Å². The SMILES string of the molecule is CCNC1CCCC1OC1CCCC(CC)C1. The summed E-state index contributed by atoms with van der Waals surface area (Å²) in [6.45, 7) is 5.60. The van der Waals surface area contributed by atoms with Crippen molar-refractivity contribution in [3.05, 3.63) is 0 Å². The van der Waals surface area contributed by atoms with E-state index in [1.54, 1.807) is 0 Å². The lowest BCUT2D eigenvalue weighted by atomic mass is 9.85. The van der Waals surface area contributed by atoms with E-state index in [4.69, 9.17) is 4.74 Å². The Morgan fingerprint density at radius 2 is 1.88 bits per heavy atom. The molecule has 2 aliphatic rings. The predicted octanol–water partition coefficient (Wildman–Crippen LogP) is 3.50. The van der Waals surface area contributed by atoms with Gasteiger partial charge in [-0.25, -0.2) is 0 Å². The minimum Gasteiger partial charge on any atom is -0.373 e. The molecule has 17 heavy (non-hydrogen) atoms. The average Bonchev–Trinajstić information content (AvgIpc) is 2.78. The third-order valence-corrected chi connectivity index (χ3v) is 4.60. The first-order valence-electron chi connectivity index (χ1n) is 7.72. The fraction of sp³-hybridized carbons (Fsp3) is 1.00. The summed E-state index contributed by atoms with van der Waals surface area (Å²) in [5, 5.41) is 3.58. The normalized spacial score (nSPS) is 38.5. The van der Waals surface area contributed by atoms with E-state index in [1.165, 1.54) is 51.4 Å². The third-order valence-electron chi connectivity index (χ3n) is 4.60. The van der Waals surface area contributed by atoms with Crippen LogP contribution in [-0.2, 0) is 4.74 Å². The number of nitrogens with one attached hydrogen (secondary N) is 1. The van der Waals surface area contributed by atoms with Gasteiger partial charge < -0.3 is 10.1 Å². The van der Waals surface area contributed by atoms with Gasteiger partial charge in [0.25, 0.3) is 0 Å². The summed E-state index contributed by atoms with van der Waals surface area (Å²) >= 11 is 0. The second kappa shape index (κ2) is 6.75. The summed E-state index contributed by atoms with van der Waals surface area (Å²) in [6.07, 6.45) is 11.7. The Kier molecular flexibility index (Phi) is 5.30. The zero-order chi connectivity index (χ0) is 12.1. The molecule has 2 nitrogen and oxygen atoms in total. The summed E-state index contributed by atoms with van der Waals surface area (Å²) in [5.41, 5.74) is 0. The van der Waals surface area contributed by atoms with Gasteiger partial charge in [-0.2, -0.15) is 0 Å². The van der Waals surface area contributed by atoms with Crippen LogP contribution < -0.4 is 5.32 Å². The standard InChI is InChI=1S/C15H29NO/c1-3-12-7-5-8-13(11-12)17-15-10-6-9-14(15)16-4-2/h12-16H,3-11H2,1-2H3. The van der Waals surface area contributed by atoms with Crippen LogP contribution in [0.1, 0.15) is 65.2 Å². The van der Waals surface area contributed by atoms with Gasteiger partial charge in [0, 0.05) is 6.04 Å². The van der Waals surface area contributed by atoms with Crippen molar-refractivity contribution >= 4 is 0 Å². The van der Waals surface area contributed by atoms with Crippen LogP contribution in [0.3, 0.4) is 0 Å². The first-order chi connectivity index (χ1) is 8.33. The number of hydrogen-bond donors (Lipinski definition) is 1. The van der Waals surface area contributed by atoms with E-state index in [0.717, 1.165) is 12.5 Å². The van der Waals surface area contributed by atoms with Gasteiger partial charge in [-0.05, 0) is 44.6 Å². The van der Waals surface area contributed by atoms with Crippen molar-refractivity contribution in [2.75, 3.05) is 6.54 Å². The lowest BCUT2D eigenvalue weighted by molar-refractivity contribution is -0.0474. The predicted molar refractivity (Wildman–Crippen MR) is 72.2 cm³/mol. The fourth-order valence-electron chi connectivity index (χ4n) is 3.57. The maximum Gasteiger partial charge on any atom is 0.0731 e. The molecule has 2 heteroatoms. The lowest BCUT2D eigenvalue weighted by Gasteiger charge is -2.32. The molecule has 0 spiro atoms. The maximum absolute atomic E-state index is 6.39. The number of rotatable bonds is 5. The molecule has 2 fully saturated rings. The van der Waals surface area contributed by atoms with Gasteiger partial charge >= 0.3 is 0 Å². The van der Waals surface area contributed by atoms with Gasteiger partial charge in [0.1, 0.15) is 0 Å². The highest BCUT2D eigenvalue weighted by Gasteiger charge is 2.31. The van der Waals surface area contributed by atoms with E-state index in [-0.39, 0.29) is 0 Å². The van der Waals surface area contributed by atoms with Gasteiger partial charge in [-0.1, -0.05) is 33.1 Å². The summed E-state index contributed by atoms with van der Waals surface area (Å²) in [5.74, 6) is 0.924. The Morgan fingerprint density at radius 1 is 1.06 bits per heavy atom. The minimum atomic E-state index is 0.496. The van der Waals surface area contributed by atoms with Gasteiger partial charge in [0.15, 0.2) is 0 Å². The minimum absolute atomic E-state index is 0.496. The van der Waals surface area contributed by atoms with E-state index in [0.29, 0.717) is 18.2 Å². The summed E-state index contributed by atoms with van der Waals surface area (Å²) in [7, 11) is 0. The molecule has 0 aromatic rings. The highest BCUT2D eigenvalue weighted by Crippen LogP contribution is 2.32. The van der Waals surface area contributed by atoms with Crippen molar-refractivity contribution in [2.45, 2.75) is 83.5 Å². The van der Waals surface area contributed by atoms with Crippen LogP contribution in [0, 0.1) is 5.92 Å². The van der Waals surface area contributed by atoms with E-state index < -0.39 is 0 Å². The molecule has 0 heterocycles. The maximum atomic E-state index is 6.39. The molecule has 0 saturated heterocycles. The average molecular weight is 239 g/mol. The molecule has 1 N–H and O–H groups in total.